The molecule has 1 saturated carbocycles. The molecule has 0 amide bonds. The Morgan fingerprint density at radius 3 is 2.95 bits per heavy atom. The van der Waals surface area contributed by atoms with E-state index in [1.807, 2.05) is 18.5 Å². The second kappa shape index (κ2) is 6.46. The summed E-state index contributed by atoms with van der Waals surface area (Å²) in [5.74, 6) is 0. The van der Waals surface area contributed by atoms with Crippen molar-refractivity contribution in [1.29, 1.82) is 0 Å². The smallest absolute Gasteiger partial charge is 0.0928 e. The number of thiazole rings is 1. The Labute approximate surface area is 124 Å². The Bertz CT molecular complexity index is 534. The molecule has 0 saturated heterocycles. The molecule has 0 radical (unpaired) electrons. The van der Waals surface area contributed by atoms with Crippen molar-refractivity contribution < 1.29 is 0 Å². The van der Waals surface area contributed by atoms with E-state index in [9.17, 15) is 0 Å². The van der Waals surface area contributed by atoms with Crippen LogP contribution in [0.25, 0.3) is 0 Å². The fourth-order valence-electron chi connectivity index (χ4n) is 2.44. The Kier molecular flexibility index (Phi) is 4.43. The maximum absolute atomic E-state index is 4.75. The average molecular weight is 287 g/mol. The first-order valence-electron chi connectivity index (χ1n) is 7.41. The van der Waals surface area contributed by atoms with Crippen LogP contribution in [0, 0.1) is 0 Å². The first kappa shape index (κ1) is 13.7. The fraction of sp³-hybridized carbons (Fsp3) is 0.500. The summed E-state index contributed by atoms with van der Waals surface area (Å²) in [6.07, 6.45) is 8.74. The zero-order valence-electron chi connectivity index (χ0n) is 12.0. The number of hydrogen-bond donors (Lipinski definition) is 0. The lowest BCUT2D eigenvalue weighted by Crippen LogP contribution is -2.25. The van der Waals surface area contributed by atoms with Crippen molar-refractivity contribution in [3.8, 4) is 0 Å². The van der Waals surface area contributed by atoms with Crippen LogP contribution in [0.4, 0.5) is 0 Å². The van der Waals surface area contributed by atoms with Crippen molar-refractivity contribution in [3.05, 3.63) is 46.2 Å². The lowest BCUT2D eigenvalue weighted by Gasteiger charge is -2.20. The molecule has 1 fully saturated rings. The van der Waals surface area contributed by atoms with Gasteiger partial charge in [-0.15, -0.1) is 11.3 Å². The highest BCUT2D eigenvalue weighted by atomic mass is 32.1. The van der Waals surface area contributed by atoms with Crippen LogP contribution in [0.3, 0.4) is 0 Å². The van der Waals surface area contributed by atoms with Crippen LogP contribution < -0.4 is 0 Å². The summed E-state index contributed by atoms with van der Waals surface area (Å²) < 4.78 is 0. The molecule has 1 aliphatic carbocycles. The monoisotopic (exact) mass is 287 g/mol. The van der Waals surface area contributed by atoms with Gasteiger partial charge in [-0.05, 0) is 37.3 Å². The van der Waals surface area contributed by atoms with E-state index in [0.29, 0.717) is 0 Å². The van der Waals surface area contributed by atoms with Crippen molar-refractivity contribution in [2.75, 3.05) is 0 Å². The van der Waals surface area contributed by atoms with Gasteiger partial charge in [0.05, 0.1) is 10.7 Å². The number of pyridine rings is 1. The summed E-state index contributed by atoms with van der Waals surface area (Å²) in [7, 11) is 0. The highest BCUT2D eigenvalue weighted by Gasteiger charge is 2.29. The summed E-state index contributed by atoms with van der Waals surface area (Å²) in [5.41, 5.74) is 2.53. The zero-order chi connectivity index (χ0) is 13.8. The van der Waals surface area contributed by atoms with Crippen LogP contribution in [0.15, 0.2) is 29.9 Å². The van der Waals surface area contributed by atoms with Gasteiger partial charge in [0, 0.05) is 36.9 Å². The van der Waals surface area contributed by atoms with Gasteiger partial charge in [0.15, 0.2) is 0 Å². The van der Waals surface area contributed by atoms with Gasteiger partial charge in [0.25, 0.3) is 0 Å². The van der Waals surface area contributed by atoms with Crippen molar-refractivity contribution in [2.45, 2.75) is 51.7 Å². The lowest BCUT2D eigenvalue weighted by atomic mass is 10.2. The summed E-state index contributed by atoms with van der Waals surface area (Å²) in [6, 6.07) is 4.92. The summed E-state index contributed by atoms with van der Waals surface area (Å²) in [4.78, 5) is 11.5. The molecule has 0 aromatic carbocycles. The van der Waals surface area contributed by atoms with Crippen LogP contribution in [0.1, 0.15) is 42.5 Å². The van der Waals surface area contributed by atoms with E-state index in [4.69, 9.17) is 4.98 Å². The molecule has 1 aliphatic rings. The maximum Gasteiger partial charge on any atom is 0.0928 e. The number of nitrogens with zero attached hydrogens (tertiary/aromatic N) is 3. The summed E-state index contributed by atoms with van der Waals surface area (Å²) in [6.45, 7) is 4.17. The fourth-order valence-corrected chi connectivity index (χ4v) is 3.33. The predicted molar refractivity (Wildman–Crippen MR) is 82.6 cm³/mol. The molecule has 106 valence electrons. The zero-order valence-corrected chi connectivity index (χ0v) is 12.8. The maximum atomic E-state index is 4.75. The molecule has 4 heteroatoms. The summed E-state index contributed by atoms with van der Waals surface area (Å²) >= 11 is 1.80. The van der Waals surface area contributed by atoms with Crippen molar-refractivity contribution in [1.82, 2.24) is 14.9 Å². The van der Waals surface area contributed by atoms with E-state index in [-0.39, 0.29) is 0 Å². The third kappa shape index (κ3) is 3.64. The van der Waals surface area contributed by atoms with E-state index < -0.39 is 0 Å². The molecule has 0 atom stereocenters. The molecule has 3 rings (SSSR count). The molecule has 0 bridgehead atoms. The van der Waals surface area contributed by atoms with Crippen LogP contribution >= 0.6 is 11.3 Å². The summed E-state index contributed by atoms with van der Waals surface area (Å²) in [5, 5.41) is 3.50. The van der Waals surface area contributed by atoms with Crippen molar-refractivity contribution in [3.63, 3.8) is 0 Å². The molecule has 2 heterocycles. The second-order valence-corrected chi connectivity index (χ2v) is 6.42. The normalized spacial score (nSPS) is 14.9. The Morgan fingerprint density at radius 2 is 2.25 bits per heavy atom. The molecule has 0 aliphatic heterocycles. The van der Waals surface area contributed by atoms with E-state index in [1.165, 1.54) is 35.5 Å². The minimum atomic E-state index is 0.742. The molecule has 0 spiro atoms. The van der Waals surface area contributed by atoms with Gasteiger partial charge >= 0.3 is 0 Å². The second-order valence-electron chi connectivity index (χ2n) is 5.48. The van der Waals surface area contributed by atoms with Gasteiger partial charge in [-0.3, -0.25) is 9.88 Å². The average Bonchev–Trinajstić information content (AvgIpc) is 3.22. The minimum Gasteiger partial charge on any atom is -0.290 e. The molecule has 20 heavy (non-hydrogen) atoms. The van der Waals surface area contributed by atoms with E-state index >= 15 is 0 Å². The molecule has 0 N–H and O–H groups in total. The van der Waals surface area contributed by atoms with E-state index in [2.05, 4.69) is 28.3 Å². The Balaban J connectivity index is 1.65. The molecule has 2 aromatic rings. The highest BCUT2D eigenvalue weighted by molar-refractivity contribution is 7.09. The third-order valence-corrected chi connectivity index (χ3v) is 4.56. The number of aromatic nitrogens is 2. The first-order chi connectivity index (χ1) is 9.85. The Hall–Kier alpha value is -1.26. The first-order valence-corrected chi connectivity index (χ1v) is 8.29. The van der Waals surface area contributed by atoms with Gasteiger partial charge in [0.2, 0.25) is 0 Å². The molecule has 3 nitrogen and oxygen atoms in total. The predicted octanol–water partition coefficient (Wildman–Crippen LogP) is 3.66. The standard InChI is InChI=1S/C16H21N3S/c1-2-4-16-18-14(12-20-16)11-19(15-6-7-15)10-13-5-3-8-17-9-13/h3,5,8-9,12,15H,2,4,6-7,10-11H2,1H3. The quantitative estimate of drug-likeness (QED) is 0.778. The van der Waals surface area contributed by atoms with Gasteiger partial charge in [-0.25, -0.2) is 4.98 Å². The molecular formula is C16H21N3S. The van der Waals surface area contributed by atoms with Crippen molar-refractivity contribution >= 4 is 11.3 Å². The lowest BCUT2D eigenvalue weighted by molar-refractivity contribution is 0.243. The minimum absolute atomic E-state index is 0.742. The van der Waals surface area contributed by atoms with Crippen LogP contribution in [0.2, 0.25) is 0 Å². The topological polar surface area (TPSA) is 29.0 Å². The molecule has 0 unspecified atom stereocenters. The number of aryl methyl sites for hydroxylation is 1. The van der Waals surface area contributed by atoms with E-state index in [1.54, 1.807) is 11.3 Å². The van der Waals surface area contributed by atoms with Crippen LogP contribution in [0.5, 0.6) is 0 Å². The largest absolute Gasteiger partial charge is 0.290 e. The van der Waals surface area contributed by atoms with Crippen LogP contribution in [-0.2, 0) is 19.5 Å². The van der Waals surface area contributed by atoms with Gasteiger partial charge < -0.3 is 0 Å². The van der Waals surface area contributed by atoms with Gasteiger partial charge in [-0.2, -0.15) is 0 Å². The third-order valence-electron chi connectivity index (χ3n) is 3.60. The number of hydrogen-bond acceptors (Lipinski definition) is 4. The Morgan fingerprint density at radius 1 is 1.35 bits per heavy atom. The van der Waals surface area contributed by atoms with Crippen molar-refractivity contribution in [2.24, 2.45) is 0 Å². The molecular weight excluding hydrogens is 266 g/mol. The van der Waals surface area contributed by atoms with Gasteiger partial charge in [-0.1, -0.05) is 13.0 Å². The highest BCUT2D eigenvalue weighted by Crippen LogP contribution is 2.30. The number of rotatable bonds is 7. The van der Waals surface area contributed by atoms with Gasteiger partial charge in [0.1, 0.15) is 0 Å². The van der Waals surface area contributed by atoms with E-state index in [0.717, 1.165) is 25.6 Å². The molecule has 2 aromatic heterocycles. The van der Waals surface area contributed by atoms with Crippen LogP contribution in [-0.4, -0.2) is 20.9 Å². The SMILES string of the molecule is CCCc1nc(CN(Cc2cccnc2)C2CC2)cs1.